The van der Waals surface area contributed by atoms with E-state index in [2.05, 4.69) is 5.32 Å². The maximum Gasteiger partial charge on any atom is 0.326 e. The third kappa shape index (κ3) is 3.84. The molecule has 1 fully saturated rings. The van der Waals surface area contributed by atoms with Crippen LogP contribution >= 0.6 is 0 Å². The first-order chi connectivity index (χ1) is 10.1. The van der Waals surface area contributed by atoms with Crippen molar-refractivity contribution in [1.29, 1.82) is 0 Å². The number of nitrogens with zero attached hydrogens (tertiary/aromatic N) is 1. The lowest BCUT2D eigenvalue weighted by atomic mass is 10.2. The lowest BCUT2D eigenvalue weighted by molar-refractivity contribution is -0.148. The van der Waals surface area contributed by atoms with Crippen LogP contribution in [0.2, 0.25) is 0 Å². The zero-order valence-corrected chi connectivity index (χ0v) is 11.6. The van der Waals surface area contributed by atoms with Gasteiger partial charge in [0.2, 0.25) is 5.91 Å². The molecule has 1 atom stereocenters. The van der Waals surface area contributed by atoms with Gasteiger partial charge in [0.05, 0.1) is 6.26 Å². The highest BCUT2D eigenvalue weighted by Crippen LogP contribution is 2.18. The minimum absolute atomic E-state index is 0.174. The van der Waals surface area contributed by atoms with Crippen LogP contribution in [0, 0.1) is 0 Å². The summed E-state index contributed by atoms with van der Waals surface area (Å²) in [6.07, 6.45) is 3.34. The summed E-state index contributed by atoms with van der Waals surface area (Å²) in [4.78, 5) is 36.0. The fourth-order valence-electron chi connectivity index (χ4n) is 2.40. The molecule has 7 heteroatoms. The highest BCUT2D eigenvalue weighted by Gasteiger charge is 2.33. The summed E-state index contributed by atoms with van der Waals surface area (Å²) in [6, 6.07) is 2.48. The van der Waals surface area contributed by atoms with Crippen molar-refractivity contribution in [3.8, 4) is 0 Å². The molecule has 2 rings (SSSR count). The smallest absolute Gasteiger partial charge is 0.326 e. The van der Waals surface area contributed by atoms with Crippen LogP contribution < -0.4 is 5.32 Å². The summed E-state index contributed by atoms with van der Waals surface area (Å²) in [7, 11) is 0. The molecule has 1 aliphatic heterocycles. The van der Waals surface area contributed by atoms with E-state index in [0.29, 0.717) is 25.9 Å². The Kier molecular flexibility index (Phi) is 4.97. The quantitative estimate of drug-likeness (QED) is 0.758. The second-order valence-corrected chi connectivity index (χ2v) is 4.92. The molecular formula is C14H18N2O5. The molecule has 2 amide bonds. The molecule has 0 spiro atoms. The van der Waals surface area contributed by atoms with E-state index in [1.54, 1.807) is 12.1 Å². The highest BCUT2D eigenvalue weighted by molar-refractivity contribution is 5.91. The van der Waals surface area contributed by atoms with Crippen molar-refractivity contribution in [2.24, 2.45) is 0 Å². The minimum Gasteiger partial charge on any atom is -0.480 e. The molecule has 0 bridgehead atoms. The molecule has 1 aromatic rings. The van der Waals surface area contributed by atoms with Crippen LogP contribution in [0.25, 0.3) is 0 Å². The summed E-state index contributed by atoms with van der Waals surface area (Å²) in [5.41, 5.74) is 0. The second kappa shape index (κ2) is 6.92. The minimum atomic E-state index is -0.952. The first-order valence-corrected chi connectivity index (χ1v) is 6.93. The zero-order valence-electron chi connectivity index (χ0n) is 11.6. The van der Waals surface area contributed by atoms with Crippen LogP contribution in [0.3, 0.4) is 0 Å². The van der Waals surface area contributed by atoms with E-state index in [-0.39, 0.29) is 24.0 Å². The molecule has 2 heterocycles. The van der Waals surface area contributed by atoms with Crippen LogP contribution in [-0.4, -0.2) is 46.9 Å². The standard InChI is InChI=1S/C14H18N2O5/c17-12(16-8-2-4-10(16)14(19)20)6-1-7-15-13(18)11-5-3-9-21-11/h3,5,9-10H,1-2,4,6-8H2,(H,15,18)(H,19,20)/t10-/m1/s1. The summed E-state index contributed by atoms with van der Waals surface area (Å²) in [5.74, 6) is -1.22. The summed E-state index contributed by atoms with van der Waals surface area (Å²) in [5, 5.41) is 11.7. The molecule has 1 saturated heterocycles. The van der Waals surface area contributed by atoms with Crippen molar-refractivity contribution >= 4 is 17.8 Å². The number of carboxylic acids is 1. The van der Waals surface area contributed by atoms with E-state index in [0.717, 1.165) is 6.42 Å². The number of hydrogen-bond donors (Lipinski definition) is 2. The van der Waals surface area contributed by atoms with Gasteiger partial charge in [-0.25, -0.2) is 4.79 Å². The zero-order chi connectivity index (χ0) is 15.2. The third-order valence-corrected chi connectivity index (χ3v) is 3.46. The predicted molar refractivity (Wildman–Crippen MR) is 72.6 cm³/mol. The summed E-state index contributed by atoms with van der Waals surface area (Å²) < 4.78 is 4.94. The van der Waals surface area contributed by atoms with E-state index >= 15 is 0 Å². The average molecular weight is 294 g/mol. The number of carbonyl (C=O) groups is 3. The Hall–Kier alpha value is -2.31. The highest BCUT2D eigenvalue weighted by atomic mass is 16.4. The largest absolute Gasteiger partial charge is 0.480 e. The fourth-order valence-corrected chi connectivity index (χ4v) is 2.40. The van der Waals surface area contributed by atoms with E-state index in [1.165, 1.54) is 11.2 Å². The maximum atomic E-state index is 12.0. The lowest BCUT2D eigenvalue weighted by Crippen LogP contribution is -2.40. The van der Waals surface area contributed by atoms with Crippen LogP contribution in [0.4, 0.5) is 0 Å². The molecule has 0 radical (unpaired) electrons. The molecule has 0 aliphatic carbocycles. The van der Waals surface area contributed by atoms with Gasteiger partial charge in [0.25, 0.3) is 5.91 Å². The van der Waals surface area contributed by atoms with E-state index < -0.39 is 12.0 Å². The molecule has 0 unspecified atom stereocenters. The van der Waals surface area contributed by atoms with Crippen molar-refractivity contribution in [1.82, 2.24) is 10.2 Å². The van der Waals surface area contributed by atoms with Gasteiger partial charge in [-0.2, -0.15) is 0 Å². The number of likely N-dealkylation sites (tertiary alicyclic amines) is 1. The Labute approximate surface area is 121 Å². The normalized spacial score (nSPS) is 17.7. The van der Waals surface area contributed by atoms with Gasteiger partial charge in [0.1, 0.15) is 6.04 Å². The first kappa shape index (κ1) is 15.1. The Morgan fingerprint density at radius 3 is 2.90 bits per heavy atom. The number of hydrogen-bond acceptors (Lipinski definition) is 4. The van der Waals surface area contributed by atoms with E-state index in [9.17, 15) is 14.4 Å². The number of aliphatic carboxylic acids is 1. The molecule has 114 valence electrons. The van der Waals surface area contributed by atoms with Crippen molar-refractivity contribution in [2.75, 3.05) is 13.1 Å². The van der Waals surface area contributed by atoms with Crippen LogP contribution in [0.15, 0.2) is 22.8 Å². The Bertz CT molecular complexity index is 511. The molecular weight excluding hydrogens is 276 g/mol. The first-order valence-electron chi connectivity index (χ1n) is 6.93. The van der Waals surface area contributed by atoms with E-state index in [4.69, 9.17) is 9.52 Å². The van der Waals surface area contributed by atoms with E-state index in [1.807, 2.05) is 0 Å². The Morgan fingerprint density at radius 1 is 1.43 bits per heavy atom. The maximum absolute atomic E-state index is 12.0. The van der Waals surface area contributed by atoms with Gasteiger partial charge >= 0.3 is 5.97 Å². The van der Waals surface area contributed by atoms with Crippen molar-refractivity contribution < 1.29 is 23.9 Å². The number of nitrogens with one attached hydrogen (secondary N) is 1. The molecule has 1 aliphatic rings. The van der Waals surface area contributed by atoms with Gasteiger partial charge in [0, 0.05) is 19.5 Å². The molecule has 0 aromatic carbocycles. The predicted octanol–water partition coefficient (Wildman–Crippen LogP) is 0.865. The summed E-state index contributed by atoms with van der Waals surface area (Å²) >= 11 is 0. The lowest BCUT2D eigenvalue weighted by Gasteiger charge is -2.21. The molecule has 21 heavy (non-hydrogen) atoms. The number of carbonyl (C=O) groups excluding carboxylic acids is 2. The van der Waals surface area contributed by atoms with Crippen molar-refractivity contribution in [3.63, 3.8) is 0 Å². The fraction of sp³-hybridized carbons (Fsp3) is 0.500. The molecule has 0 saturated carbocycles. The van der Waals surface area contributed by atoms with Crippen molar-refractivity contribution in [2.45, 2.75) is 31.7 Å². The van der Waals surface area contributed by atoms with Crippen LogP contribution in [-0.2, 0) is 9.59 Å². The SMILES string of the molecule is O=C(NCCCC(=O)N1CCC[C@@H]1C(=O)O)c1ccco1. The van der Waals surface area contributed by atoms with Gasteiger partial charge in [-0.1, -0.05) is 0 Å². The molecule has 7 nitrogen and oxygen atoms in total. The number of furan rings is 1. The van der Waals surface area contributed by atoms with Gasteiger partial charge in [-0.05, 0) is 31.4 Å². The molecule has 1 aromatic heterocycles. The van der Waals surface area contributed by atoms with Gasteiger partial charge in [0.15, 0.2) is 5.76 Å². The van der Waals surface area contributed by atoms with Crippen molar-refractivity contribution in [3.05, 3.63) is 24.2 Å². The summed E-state index contributed by atoms with van der Waals surface area (Å²) in [6.45, 7) is 0.839. The van der Waals surface area contributed by atoms with Gasteiger partial charge < -0.3 is 19.7 Å². The molecule has 2 N–H and O–H groups in total. The van der Waals surface area contributed by atoms with Crippen LogP contribution in [0.5, 0.6) is 0 Å². The number of rotatable bonds is 6. The topological polar surface area (TPSA) is 99.9 Å². The Balaban J connectivity index is 1.70. The average Bonchev–Trinajstić information content (AvgIpc) is 3.12. The Morgan fingerprint density at radius 2 is 2.24 bits per heavy atom. The second-order valence-electron chi connectivity index (χ2n) is 4.92. The van der Waals surface area contributed by atoms with Gasteiger partial charge in [-0.15, -0.1) is 0 Å². The van der Waals surface area contributed by atoms with Crippen LogP contribution in [0.1, 0.15) is 36.2 Å². The monoisotopic (exact) mass is 294 g/mol. The van der Waals surface area contributed by atoms with Gasteiger partial charge in [-0.3, -0.25) is 9.59 Å². The number of amides is 2. The number of carboxylic acid groups (broad SMARTS) is 1. The third-order valence-electron chi connectivity index (χ3n) is 3.46.